The summed E-state index contributed by atoms with van der Waals surface area (Å²) in [6.45, 7) is 6.41. The average Bonchev–Trinajstić information content (AvgIpc) is 3.38. The van der Waals surface area contributed by atoms with Crippen LogP contribution in [0.4, 0.5) is 15.8 Å². The van der Waals surface area contributed by atoms with E-state index < -0.39 is 0 Å². The summed E-state index contributed by atoms with van der Waals surface area (Å²) in [5.74, 6) is 0.909. The number of thiocarbonyl (C=S) groups is 1. The molecule has 0 saturated carbocycles. The number of nitrogens with two attached hydrogens (primary N) is 1. The van der Waals surface area contributed by atoms with E-state index in [2.05, 4.69) is 51.8 Å². The van der Waals surface area contributed by atoms with Crippen molar-refractivity contribution in [2.45, 2.75) is 32.2 Å². The number of benzene rings is 2. The molecule has 0 spiro atoms. The van der Waals surface area contributed by atoms with E-state index in [4.69, 9.17) is 18.0 Å². The molecule has 2 fully saturated rings. The van der Waals surface area contributed by atoms with Gasteiger partial charge in [0.1, 0.15) is 5.82 Å². The third-order valence-corrected chi connectivity index (χ3v) is 6.31. The molecule has 4 N–H and O–H groups in total. The summed E-state index contributed by atoms with van der Waals surface area (Å²) in [6.07, 6.45) is 2.20. The molecule has 4 rings (SSSR count). The third kappa shape index (κ3) is 4.68. The molecule has 160 valence electrons. The van der Waals surface area contributed by atoms with E-state index in [1.807, 2.05) is 12.1 Å². The minimum Gasteiger partial charge on any atom is -0.375 e. The van der Waals surface area contributed by atoms with Crippen LogP contribution < -0.4 is 26.4 Å². The SMILES string of the molecule is C[C@@H]1CCN(c2cc(N3CCC(c4ccccc4)C3)c(F)cc2CNNC(N)=S)C1. The van der Waals surface area contributed by atoms with E-state index in [1.165, 1.54) is 5.56 Å². The van der Waals surface area contributed by atoms with Gasteiger partial charge in [0.05, 0.1) is 5.69 Å². The molecule has 0 aromatic heterocycles. The van der Waals surface area contributed by atoms with Gasteiger partial charge in [0.2, 0.25) is 0 Å². The lowest BCUT2D eigenvalue weighted by Gasteiger charge is -2.27. The highest BCUT2D eigenvalue weighted by Crippen LogP contribution is 2.37. The lowest BCUT2D eigenvalue weighted by molar-refractivity contribution is 0.610. The molecule has 7 heteroatoms. The molecule has 2 saturated heterocycles. The summed E-state index contributed by atoms with van der Waals surface area (Å²) in [6, 6.07) is 14.2. The minimum absolute atomic E-state index is 0.174. The fourth-order valence-electron chi connectivity index (χ4n) is 4.63. The topological polar surface area (TPSA) is 56.6 Å². The van der Waals surface area contributed by atoms with E-state index in [9.17, 15) is 0 Å². The van der Waals surface area contributed by atoms with Gasteiger partial charge >= 0.3 is 0 Å². The summed E-state index contributed by atoms with van der Waals surface area (Å²) in [5.41, 5.74) is 15.3. The van der Waals surface area contributed by atoms with Crippen molar-refractivity contribution in [2.24, 2.45) is 11.7 Å². The second kappa shape index (κ2) is 9.18. The molecule has 2 aromatic rings. The number of hydrazine groups is 1. The molecule has 2 heterocycles. The van der Waals surface area contributed by atoms with E-state index in [1.54, 1.807) is 6.07 Å². The molecule has 1 unspecified atom stereocenters. The summed E-state index contributed by atoms with van der Waals surface area (Å²) in [7, 11) is 0. The zero-order valence-corrected chi connectivity index (χ0v) is 18.2. The first-order valence-electron chi connectivity index (χ1n) is 10.7. The van der Waals surface area contributed by atoms with Crippen molar-refractivity contribution in [1.29, 1.82) is 0 Å². The standard InChI is InChI=1S/C23H30FN5S/c1-16-7-9-28(14-16)21-12-22(20(24)11-19(21)13-26-27-23(25)30)29-10-8-18(15-29)17-5-3-2-4-6-17/h2-6,11-12,16,18,26H,7-10,13-15H2,1H3,(H3,25,27,30)/t16-,18?/m1/s1. The Kier molecular flexibility index (Phi) is 6.39. The first-order chi connectivity index (χ1) is 14.5. The lowest BCUT2D eigenvalue weighted by Crippen LogP contribution is -2.40. The molecule has 30 heavy (non-hydrogen) atoms. The van der Waals surface area contributed by atoms with Crippen molar-refractivity contribution in [3.05, 3.63) is 59.4 Å². The Labute approximate surface area is 183 Å². The molecule has 0 radical (unpaired) electrons. The molecule has 0 aliphatic carbocycles. The van der Waals surface area contributed by atoms with E-state index >= 15 is 4.39 Å². The molecule has 2 aliphatic heterocycles. The lowest BCUT2D eigenvalue weighted by atomic mass is 9.99. The van der Waals surface area contributed by atoms with Gasteiger partial charge in [-0.1, -0.05) is 37.3 Å². The van der Waals surface area contributed by atoms with Gasteiger partial charge < -0.3 is 15.5 Å². The van der Waals surface area contributed by atoms with Gasteiger partial charge in [0, 0.05) is 44.3 Å². The highest BCUT2D eigenvalue weighted by Gasteiger charge is 2.28. The van der Waals surface area contributed by atoms with Crippen molar-refractivity contribution < 1.29 is 4.39 Å². The van der Waals surface area contributed by atoms with Gasteiger partial charge in [0.15, 0.2) is 5.11 Å². The van der Waals surface area contributed by atoms with Crippen LogP contribution in [0.2, 0.25) is 0 Å². The third-order valence-electron chi connectivity index (χ3n) is 6.20. The smallest absolute Gasteiger partial charge is 0.178 e. The summed E-state index contributed by atoms with van der Waals surface area (Å²) >= 11 is 4.85. The van der Waals surface area contributed by atoms with Crippen molar-refractivity contribution >= 4 is 28.7 Å². The minimum atomic E-state index is -0.174. The number of rotatable bonds is 6. The number of hydrogen-bond donors (Lipinski definition) is 3. The maximum Gasteiger partial charge on any atom is 0.178 e. The van der Waals surface area contributed by atoms with Crippen molar-refractivity contribution in [3.63, 3.8) is 0 Å². The first-order valence-corrected chi connectivity index (χ1v) is 11.1. The molecule has 2 aliphatic rings. The summed E-state index contributed by atoms with van der Waals surface area (Å²) in [4.78, 5) is 4.57. The van der Waals surface area contributed by atoms with Crippen LogP contribution >= 0.6 is 12.2 Å². The molecule has 0 amide bonds. The quantitative estimate of drug-likeness (QED) is 0.485. The normalized spacial score (nSPS) is 21.3. The molecule has 2 aromatic carbocycles. The van der Waals surface area contributed by atoms with Crippen LogP contribution in [0.25, 0.3) is 0 Å². The van der Waals surface area contributed by atoms with Crippen molar-refractivity contribution in [3.8, 4) is 0 Å². The predicted octanol–water partition coefficient (Wildman–Crippen LogP) is 3.50. The number of nitrogens with one attached hydrogen (secondary N) is 2. The zero-order valence-electron chi connectivity index (χ0n) is 17.4. The Morgan fingerprint density at radius 1 is 1.10 bits per heavy atom. The number of hydrogen-bond acceptors (Lipinski definition) is 4. The van der Waals surface area contributed by atoms with E-state index in [0.717, 1.165) is 50.3 Å². The van der Waals surface area contributed by atoms with E-state index in [-0.39, 0.29) is 10.9 Å². The van der Waals surface area contributed by atoms with Gasteiger partial charge in [-0.2, -0.15) is 0 Å². The van der Waals surface area contributed by atoms with Crippen LogP contribution in [0.15, 0.2) is 42.5 Å². The van der Waals surface area contributed by atoms with Gasteiger partial charge in [-0.25, -0.2) is 9.82 Å². The van der Waals surface area contributed by atoms with Crippen LogP contribution in [0, 0.1) is 11.7 Å². The average molecular weight is 428 g/mol. The second-order valence-corrected chi connectivity index (χ2v) is 8.90. The molecule has 2 atom stereocenters. The van der Waals surface area contributed by atoms with Gasteiger partial charge in [-0.15, -0.1) is 0 Å². The van der Waals surface area contributed by atoms with Crippen LogP contribution in [0.5, 0.6) is 0 Å². The molecular weight excluding hydrogens is 397 g/mol. The number of anilines is 2. The second-order valence-electron chi connectivity index (χ2n) is 8.46. The Morgan fingerprint density at radius 3 is 2.53 bits per heavy atom. The van der Waals surface area contributed by atoms with Crippen LogP contribution in [-0.4, -0.2) is 31.3 Å². The Bertz CT molecular complexity index is 891. The summed E-state index contributed by atoms with van der Waals surface area (Å²) in [5, 5.41) is 0.174. The fourth-order valence-corrected chi connectivity index (χ4v) is 4.70. The molecule has 0 bridgehead atoms. The fraction of sp³-hybridized carbons (Fsp3) is 0.435. The maximum absolute atomic E-state index is 15.2. The largest absolute Gasteiger partial charge is 0.375 e. The molecule has 5 nitrogen and oxygen atoms in total. The van der Waals surface area contributed by atoms with Crippen molar-refractivity contribution in [2.75, 3.05) is 36.0 Å². The zero-order chi connectivity index (χ0) is 21.1. The van der Waals surface area contributed by atoms with E-state index in [0.29, 0.717) is 24.1 Å². The monoisotopic (exact) mass is 427 g/mol. The van der Waals surface area contributed by atoms with Gasteiger partial charge in [-0.3, -0.25) is 5.43 Å². The number of halogens is 1. The highest BCUT2D eigenvalue weighted by molar-refractivity contribution is 7.80. The van der Waals surface area contributed by atoms with Crippen LogP contribution in [0.3, 0.4) is 0 Å². The van der Waals surface area contributed by atoms with Crippen LogP contribution in [0.1, 0.15) is 36.8 Å². The Morgan fingerprint density at radius 2 is 1.83 bits per heavy atom. The van der Waals surface area contributed by atoms with Crippen molar-refractivity contribution in [1.82, 2.24) is 10.9 Å². The Hall–Kier alpha value is -2.38. The van der Waals surface area contributed by atoms with Gasteiger partial charge in [0.25, 0.3) is 0 Å². The van der Waals surface area contributed by atoms with Gasteiger partial charge in [-0.05, 0) is 54.2 Å². The predicted molar refractivity (Wildman–Crippen MR) is 125 cm³/mol. The maximum atomic E-state index is 15.2. The number of nitrogens with zero attached hydrogens (tertiary/aromatic N) is 2. The molecular formula is C23H30FN5S. The Balaban J connectivity index is 1.58. The summed E-state index contributed by atoms with van der Waals surface area (Å²) < 4.78 is 15.2. The first kappa shape index (κ1) is 20.9. The van der Waals surface area contributed by atoms with Crippen LogP contribution in [-0.2, 0) is 6.54 Å². The highest BCUT2D eigenvalue weighted by atomic mass is 32.1.